The molecule has 0 aromatic heterocycles. The second kappa shape index (κ2) is 5.16. The zero-order chi connectivity index (χ0) is 10.6. The minimum Gasteiger partial charge on any atom is -0.309 e. The summed E-state index contributed by atoms with van der Waals surface area (Å²) in [5, 5.41) is 0. The molecule has 0 heterocycles. The third kappa shape index (κ3) is 3.51. The van der Waals surface area contributed by atoms with E-state index in [0.717, 1.165) is 19.4 Å². The number of aryl methyl sites for hydroxylation is 2. The van der Waals surface area contributed by atoms with Crippen LogP contribution in [0.2, 0.25) is 0 Å². The first-order valence-electron chi connectivity index (χ1n) is 5.36. The molecule has 0 unspecified atom stereocenters. The van der Waals surface area contributed by atoms with E-state index in [1.54, 1.807) is 0 Å². The van der Waals surface area contributed by atoms with E-state index in [2.05, 4.69) is 51.0 Å². The SMILES string of the molecule is CCc1cc(C)cc(CCN(C)C)c1. The van der Waals surface area contributed by atoms with Crippen LogP contribution < -0.4 is 0 Å². The van der Waals surface area contributed by atoms with Crippen LogP contribution in [0.3, 0.4) is 0 Å². The Morgan fingerprint density at radius 1 is 1.07 bits per heavy atom. The fourth-order valence-corrected chi connectivity index (χ4v) is 1.65. The fraction of sp³-hybridized carbons (Fsp3) is 0.538. The summed E-state index contributed by atoms with van der Waals surface area (Å²) in [4.78, 5) is 2.23. The molecule has 0 N–H and O–H groups in total. The molecule has 1 aromatic carbocycles. The van der Waals surface area contributed by atoms with Gasteiger partial charge in [0.1, 0.15) is 0 Å². The lowest BCUT2D eigenvalue weighted by Crippen LogP contribution is -2.15. The smallest absolute Gasteiger partial charge is 0.00157 e. The average molecular weight is 191 g/mol. The molecule has 0 radical (unpaired) electrons. The number of nitrogens with zero attached hydrogens (tertiary/aromatic N) is 1. The van der Waals surface area contributed by atoms with Crippen molar-refractivity contribution in [1.29, 1.82) is 0 Å². The molecule has 0 aliphatic heterocycles. The molecule has 0 aliphatic rings. The van der Waals surface area contributed by atoms with Gasteiger partial charge in [0, 0.05) is 6.54 Å². The second-order valence-corrected chi connectivity index (χ2v) is 4.23. The van der Waals surface area contributed by atoms with Crippen LogP contribution in [0.25, 0.3) is 0 Å². The van der Waals surface area contributed by atoms with Gasteiger partial charge in [-0.3, -0.25) is 0 Å². The van der Waals surface area contributed by atoms with Gasteiger partial charge in [0.2, 0.25) is 0 Å². The van der Waals surface area contributed by atoms with Crippen molar-refractivity contribution in [2.75, 3.05) is 20.6 Å². The number of hydrogen-bond donors (Lipinski definition) is 0. The van der Waals surface area contributed by atoms with E-state index < -0.39 is 0 Å². The third-order valence-electron chi connectivity index (χ3n) is 2.45. The van der Waals surface area contributed by atoms with E-state index in [1.807, 2.05) is 0 Å². The molecule has 78 valence electrons. The second-order valence-electron chi connectivity index (χ2n) is 4.23. The minimum atomic E-state index is 1.13. The van der Waals surface area contributed by atoms with E-state index in [-0.39, 0.29) is 0 Å². The molecule has 0 bridgehead atoms. The Kier molecular flexibility index (Phi) is 4.15. The molecule has 14 heavy (non-hydrogen) atoms. The van der Waals surface area contributed by atoms with Crippen molar-refractivity contribution in [3.05, 3.63) is 34.9 Å². The van der Waals surface area contributed by atoms with Crippen molar-refractivity contribution >= 4 is 0 Å². The molecule has 0 atom stereocenters. The van der Waals surface area contributed by atoms with E-state index in [9.17, 15) is 0 Å². The summed E-state index contributed by atoms with van der Waals surface area (Å²) in [6, 6.07) is 6.90. The normalized spacial score (nSPS) is 10.9. The Morgan fingerprint density at radius 2 is 1.71 bits per heavy atom. The molecule has 0 amide bonds. The third-order valence-corrected chi connectivity index (χ3v) is 2.45. The first-order valence-corrected chi connectivity index (χ1v) is 5.36. The van der Waals surface area contributed by atoms with Gasteiger partial charge in [-0.1, -0.05) is 30.7 Å². The lowest BCUT2D eigenvalue weighted by atomic mass is 10.0. The molecule has 0 aliphatic carbocycles. The van der Waals surface area contributed by atoms with Crippen LogP contribution in [0.4, 0.5) is 0 Å². The fourth-order valence-electron chi connectivity index (χ4n) is 1.65. The van der Waals surface area contributed by atoms with Crippen LogP contribution in [0.1, 0.15) is 23.6 Å². The Hall–Kier alpha value is -0.820. The van der Waals surface area contributed by atoms with Crippen LogP contribution in [-0.4, -0.2) is 25.5 Å². The van der Waals surface area contributed by atoms with Crippen LogP contribution >= 0.6 is 0 Å². The zero-order valence-corrected chi connectivity index (χ0v) is 9.80. The van der Waals surface area contributed by atoms with E-state index in [0.29, 0.717) is 0 Å². The Balaban J connectivity index is 2.71. The highest BCUT2D eigenvalue weighted by Crippen LogP contribution is 2.11. The Labute approximate surface area is 87.7 Å². The molecule has 1 heteroatoms. The predicted molar refractivity (Wildman–Crippen MR) is 62.8 cm³/mol. The maximum atomic E-state index is 2.33. The van der Waals surface area contributed by atoms with Crippen molar-refractivity contribution in [2.24, 2.45) is 0 Å². The van der Waals surface area contributed by atoms with E-state index >= 15 is 0 Å². The van der Waals surface area contributed by atoms with Gasteiger partial charge in [0.05, 0.1) is 0 Å². The van der Waals surface area contributed by atoms with Gasteiger partial charge in [-0.15, -0.1) is 0 Å². The molecule has 0 saturated heterocycles. The van der Waals surface area contributed by atoms with Gasteiger partial charge in [0.25, 0.3) is 0 Å². The molecular weight excluding hydrogens is 170 g/mol. The zero-order valence-electron chi connectivity index (χ0n) is 9.80. The summed E-state index contributed by atoms with van der Waals surface area (Å²) in [6.45, 7) is 5.52. The molecule has 0 saturated carbocycles. The number of hydrogen-bond acceptors (Lipinski definition) is 1. The van der Waals surface area contributed by atoms with Gasteiger partial charge in [-0.05, 0) is 45.0 Å². The Bertz CT molecular complexity index is 289. The van der Waals surface area contributed by atoms with Crippen molar-refractivity contribution in [3.63, 3.8) is 0 Å². The van der Waals surface area contributed by atoms with Crippen LogP contribution in [0.15, 0.2) is 18.2 Å². The Morgan fingerprint density at radius 3 is 2.29 bits per heavy atom. The molecule has 1 aromatic rings. The van der Waals surface area contributed by atoms with Gasteiger partial charge >= 0.3 is 0 Å². The summed E-state index contributed by atoms with van der Waals surface area (Å²) >= 11 is 0. The monoisotopic (exact) mass is 191 g/mol. The number of rotatable bonds is 4. The van der Waals surface area contributed by atoms with Gasteiger partial charge in [-0.2, -0.15) is 0 Å². The maximum absolute atomic E-state index is 2.33. The van der Waals surface area contributed by atoms with Crippen molar-refractivity contribution in [3.8, 4) is 0 Å². The summed E-state index contributed by atoms with van der Waals surface area (Å²) < 4.78 is 0. The summed E-state index contributed by atoms with van der Waals surface area (Å²) in [6.07, 6.45) is 2.29. The molecule has 1 nitrogen and oxygen atoms in total. The van der Waals surface area contributed by atoms with Gasteiger partial charge in [-0.25, -0.2) is 0 Å². The molecule has 1 rings (SSSR count). The molecule has 0 spiro atoms. The highest BCUT2D eigenvalue weighted by molar-refractivity contribution is 5.29. The summed E-state index contributed by atoms with van der Waals surface area (Å²) in [5.74, 6) is 0. The molecule has 0 fully saturated rings. The molecular formula is C13H21N. The van der Waals surface area contributed by atoms with Crippen LogP contribution in [0, 0.1) is 6.92 Å². The first kappa shape index (κ1) is 11.3. The van der Waals surface area contributed by atoms with E-state index in [4.69, 9.17) is 0 Å². The maximum Gasteiger partial charge on any atom is 0.00157 e. The predicted octanol–water partition coefficient (Wildman–Crippen LogP) is 2.66. The topological polar surface area (TPSA) is 3.24 Å². The van der Waals surface area contributed by atoms with Gasteiger partial charge in [0.15, 0.2) is 0 Å². The van der Waals surface area contributed by atoms with Crippen molar-refractivity contribution < 1.29 is 0 Å². The minimum absolute atomic E-state index is 1.13. The highest BCUT2D eigenvalue weighted by atomic mass is 15.0. The van der Waals surface area contributed by atoms with Crippen molar-refractivity contribution in [1.82, 2.24) is 4.90 Å². The van der Waals surface area contributed by atoms with Crippen LogP contribution in [-0.2, 0) is 12.8 Å². The lowest BCUT2D eigenvalue weighted by Gasteiger charge is -2.10. The average Bonchev–Trinajstić information content (AvgIpc) is 2.14. The van der Waals surface area contributed by atoms with Crippen molar-refractivity contribution in [2.45, 2.75) is 26.7 Å². The highest BCUT2D eigenvalue weighted by Gasteiger charge is 1.98. The largest absolute Gasteiger partial charge is 0.309 e. The lowest BCUT2D eigenvalue weighted by molar-refractivity contribution is 0.413. The quantitative estimate of drug-likeness (QED) is 0.707. The summed E-state index contributed by atoms with van der Waals surface area (Å²) in [5.41, 5.74) is 4.31. The first-order chi connectivity index (χ1) is 6.61. The standard InChI is InChI=1S/C13H21N/c1-5-12-8-11(2)9-13(10-12)6-7-14(3)4/h8-10H,5-7H2,1-4H3. The van der Waals surface area contributed by atoms with Gasteiger partial charge < -0.3 is 4.90 Å². The van der Waals surface area contributed by atoms with Crippen LogP contribution in [0.5, 0.6) is 0 Å². The summed E-state index contributed by atoms with van der Waals surface area (Å²) in [7, 11) is 4.24. The number of benzene rings is 1. The van der Waals surface area contributed by atoms with E-state index in [1.165, 1.54) is 16.7 Å². The number of likely N-dealkylation sites (N-methyl/N-ethyl adjacent to an activating group) is 1.